The first-order chi connectivity index (χ1) is 11.8. The third-order valence-electron chi connectivity index (χ3n) is 3.45. The van der Waals surface area contributed by atoms with Crippen LogP contribution in [0.1, 0.15) is 24.2 Å². The summed E-state index contributed by atoms with van der Waals surface area (Å²) in [5.41, 5.74) is 0.911. The number of fused-ring (bicyclic) bond motifs is 1. The van der Waals surface area contributed by atoms with Gasteiger partial charge in [0.05, 0.1) is 4.90 Å². The smallest absolute Gasteiger partial charge is 0.255 e. The molecule has 2 aromatic rings. The first-order valence-electron chi connectivity index (χ1n) is 7.68. The normalized spacial score (nSPS) is 13.1. The molecule has 0 spiro atoms. The van der Waals surface area contributed by atoms with Gasteiger partial charge in [0.15, 0.2) is 11.5 Å². The average molecular weight is 362 g/mol. The monoisotopic (exact) mass is 362 g/mol. The minimum atomic E-state index is -3.58. The van der Waals surface area contributed by atoms with E-state index in [1.54, 1.807) is 32.0 Å². The number of sulfonamides is 1. The van der Waals surface area contributed by atoms with E-state index in [1.165, 1.54) is 24.3 Å². The van der Waals surface area contributed by atoms with Crippen molar-refractivity contribution in [1.29, 1.82) is 0 Å². The van der Waals surface area contributed by atoms with E-state index < -0.39 is 10.0 Å². The number of carbonyl (C=O) groups is 1. The number of amides is 1. The lowest BCUT2D eigenvalue weighted by molar-refractivity contribution is 0.102. The predicted octanol–water partition coefficient (Wildman–Crippen LogP) is 2.35. The molecule has 0 aromatic heterocycles. The highest BCUT2D eigenvalue weighted by Gasteiger charge is 2.17. The zero-order valence-electron chi connectivity index (χ0n) is 13.8. The fourth-order valence-corrected chi connectivity index (χ4v) is 3.59. The fourth-order valence-electron chi connectivity index (χ4n) is 2.34. The minimum absolute atomic E-state index is 0.112. The van der Waals surface area contributed by atoms with E-state index in [0.717, 1.165) is 0 Å². The molecule has 0 fully saturated rings. The molecule has 0 unspecified atom stereocenters. The van der Waals surface area contributed by atoms with E-state index in [2.05, 4.69) is 10.0 Å². The Hall–Kier alpha value is -2.58. The van der Waals surface area contributed by atoms with Crippen LogP contribution in [0.3, 0.4) is 0 Å². The molecule has 2 N–H and O–H groups in total. The standard InChI is InChI=1S/C17H18N2O5S/c1-11(2)19-25(21,22)14-6-3-12(4-7-14)17(20)18-13-5-8-15-16(9-13)24-10-23-15/h3-9,11,19H,10H2,1-2H3,(H,18,20). The summed E-state index contributed by atoms with van der Waals surface area (Å²) >= 11 is 0. The van der Waals surface area contributed by atoms with Crippen molar-refractivity contribution in [2.24, 2.45) is 0 Å². The highest BCUT2D eigenvalue weighted by molar-refractivity contribution is 7.89. The van der Waals surface area contributed by atoms with E-state index >= 15 is 0 Å². The number of hydrogen-bond acceptors (Lipinski definition) is 5. The van der Waals surface area contributed by atoms with Crippen molar-refractivity contribution in [3.8, 4) is 11.5 Å². The molecular weight excluding hydrogens is 344 g/mol. The molecule has 1 aliphatic rings. The maximum atomic E-state index is 12.3. The molecule has 3 rings (SSSR count). The van der Waals surface area contributed by atoms with Gasteiger partial charge in [-0.1, -0.05) is 0 Å². The van der Waals surface area contributed by atoms with Crippen LogP contribution in [-0.2, 0) is 10.0 Å². The minimum Gasteiger partial charge on any atom is -0.454 e. The van der Waals surface area contributed by atoms with Crippen LogP contribution in [0.15, 0.2) is 47.4 Å². The first kappa shape index (κ1) is 17.2. The summed E-state index contributed by atoms with van der Waals surface area (Å²) in [5, 5.41) is 2.74. The highest BCUT2D eigenvalue weighted by Crippen LogP contribution is 2.34. The Morgan fingerprint density at radius 2 is 1.72 bits per heavy atom. The molecule has 132 valence electrons. The van der Waals surface area contributed by atoms with E-state index in [-0.39, 0.29) is 23.6 Å². The van der Waals surface area contributed by atoms with Crippen LogP contribution in [0.2, 0.25) is 0 Å². The zero-order valence-corrected chi connectivity index (χ0v) is 14.6. The van der Waals surface area contributed by atoms with Crippen LogP contribution < -0.4 is 19.5 Å². The molecule has 0 saturated carbocycles. The lowest BCUT2D eigenvalue weighted by atomic mass is 10.2. The van der Waals surface area contributed by atoms with Crippen LogP contribution in [-0.4, -0.2) is 27.2 Å². The van der Waals surface area contributed by atoms with Crippen molar-refractivity contribution in [3.05, 3.63) is 48.0 Å². The van der Waals surface area contributed by atoms with E-state index in [0.29, 0.717) is 22.7 Å². The largest absolute Gasteiger partial charge is 0.454 e. The molecule has 2 aromatic carbocycles. The SMILES string of the molecule is CC(C)NS(=O)(=O)c1ccc(C(=O)Nc2ccc3c(c2)OCO3)cc1. The molecular formula is C17H18N2O5S. The highest BCUT2D eigenvalue weighted by atomic mass is 32.2. The Kier molecular flexibility index (Phi) is 4.65. The van der Waals surface area contributed by atoms with Gasteiger partial charge in [-0.25, -0.2) is 13.1 Å². The third-order valence-corrected chi connectivity index (χ3v) is 5.12. The number of nitrogens with one attached hydrogen (secondary N) is 2. The van der Waals surface area contributed by atoms with Crippen molar-refractivity contribution in [1.82, 2.24) is 4.72 Å². The van der Waals surface area contributed by atoms with E-state index in [1.807, 2.05) is 0 Å². The maximum absolute atomic E-state index is 12.3. The second-order valence-corrected chi connectivity index (χ2v) is 7.54. The summed E-state index contributed by atoms with van der Waals surface area (Å²) in [6.07, 6.45) is 0. The van der Waals surface area contributed by atoms with Crippen molar-refractivity contribution >= 4 is 21.6 Å². The fraction of sp³-hybridized carbons (Fsp3) is 0.235. The van der Waals surface area contributed by atoms with E-state index in [4.69, 9.17) is 9.47 Å². The number of benzene rings is 2. The molecule has 0 atom stereocenters. The third kappa shape index (κ3) is 3.92. The van der Waals surface area contributed by atoms with Gasteiger partial charge in [0.25, 0.3) is 5.91 Å². The van der Waals surface area contributed by atoms with Gasteiger partial charge in [-0.05, 0) is 50.2 Å². The summed E-state index contributed by atoms with van der Waals surface area (Å²) in [6, 6.07) is 10.6. The molecule has 0 radical (unpaired) electrons. The van der Waals surface area contributed by atoms with Crippen molar-refractivity contribution < 1.29 is 22.7 Å². The summed E-state index contributed by atoms with van der Waals surface area (Å²) in [4.78, 5) is 12.4. The van der Waals surface area contributed by atoms with Crippen molar-refractivity contribution in [2.75, 3.05) is 12.1 Å². The summed E-state index contributed by atoms with van der Waals surface area (Å²) in [7, 11) is -3.58. The van der Waals surface area contributed by atoms with Crippen LogP contribution in [0.4, 0.5) is 5.69 Å². The van der Waals surface area contributed by atoms with Crippen molar-refractivity contribution in [3.63, 3.8) is 0 Å². The van der Waals surface area contributed by atoms with Gasteiger partial charge in [-0.2, -0.15) is 0 Å². The molecule has 8 heteroatoms. The molecule has 7 nitrogen and oxygen atoms in total. The van der Waals surface area contributed by atoms with E-state index in [9.17, 15) is 13.2 Å². The van der Waals surface area contributed by atoms with Gasteiger partial charge in [0.1, 0.15) is 0 Å². The number of hydrogen-bond donors (Lipinski definition) is 2. The van der Waals surface area contributed by atoms with Gasteiger partial charge in [-0.15, -0.1) is 0 Å². The molecule has 0 bridgehead atoms. The lowest BCUT2D eigenvalue weighted by Gasteiger charge is -2.10. The molecule has 0 aliphatic carbocycles. The summed E-state index contributed by atoms with van der Waals surface area (Å²) in [5.74, 6) is 0.851. The summed E-state index contributed by atoms with van der Waals surface area (Å²) in [6.45, 7) is 3.64. The zero-order chi connectivity index (χ0) is 18.0. The number of rotatable bonds is 5. The van der Waals surface area contributed by atoms with Crippen molar-refractivity contribution in [2.45, 2.75) is 24.8 Å². The lowest BCUT2D eigenvalue weighted by Crippen LogP contribution is -2.30. The first-order valence-corrected chi connectivity index (χ1v) is 9.17. The molecule has 1 amide bonds. The second-order valence-electron chi connectivity index (χ2n) is 5.82. The molecule has 25 heavy (non-hydrogen) atoms. The number of anilines is 1. The Morgan fingerprint density at radius 1 is 1.04 bits per heavy atom. The number of carbonyl (C=O) groups excluding carboxylic acids is 1. The maximum Gasteiger partial charge on any atom is 0.255 e. The molecule has 1 heterocycles. The second kappa shape index (κ2) is 6.73. The number of ether oxygens (including phenoxy) is 2. The Morgan fingerprint density at radius 3 is 2.40 bits per heavy atom. The van der Waals surface area contributed by atoms with Gasteiger partial charge >= 0.3 is 0 Å². The molecule has 1 aliphatic heterocycles. The average Bonchev–Trinajstić information content (AvgIpc) is 3.01. The topological polar surface area (TPSA) is 93.7 Å². The van der Waals surface area contributed by atoms with Gasteiger partial charge < -0.3 is 14.8 Å². The summed E-state index contributed by atoms with van der Waals surface area (Å²) < 4.78 is 37.1. The van der Waals surface area contributed by atoms with Crippen LogP contribution in [0.5, 0.6) is 11.5 Å². The Balaban J connectivity index is 1.73. The van der Waals surface area contributed by atoms with Gasteiger partial charge in [0.2, 0.25) is 16.8 Å². The molecule has 0 saturated heterocycles. The van der Waals surface area contributed by atoms with Crippen LogP contribution >= 0.6 is 0 Å². The Labute approximate surface area is 146 Å². The quantitative estimate of drug-likeness (QED) is 0.852. The van der Waals surface area contributed by atoms with Crippen LogP contribution in [0, 0.1) is 0 Å². The van der Waals surface area contributed by atoms with Crippen LogP contribution in [0.25, 0.3) is 0 Å². The van der Waals surface area contributed by atoms with Gasteiger partial charge in [-0.3, -0.25) is 4.79 Å². The Bertz CT molecular complexity index is 892. The van der Waals surface area contributed by atoms with Gasteiger partial charge in [0, 0.05) is 23.4 Å². The predicted molar refractivity (Wildman–Crippen MR) is 92.4 cm³/mol.